The van der Waals surface area contributed by atoms with Crippen LogP contribution in [-0.4, -0.2) is 56.8 Å². The smallest absolute Gasteiger partial charge is 0.257 e. The standard InChI is InChI=1S/C19H19N3O4S/c1-26-18-5-3-2-4-17(18)19(23)21-10-12-22(13-11-21)27(24,25)16-8-6-15(14-20)7-9-16/h2-9H,10-13H2,1H3. The lowest BCUT2D eigenvalue weighted by Gasteiger charge is -2.34. The van der Waals surface area contributed by atoms with E-state index in [-0.39, 0.29) is 23.9 Å². The summed E-state index contributed by atoms with van der Waals surface area (Å²) in [7, 11) is -2.14. The number of ether oxygens (including phenoxy) is 1. The summed E-state index contributed by atoms with van der Waals surface area (Å²) in [6.45, 7) is 1.02. The second-order valence-electron chi connectivity index (χ2n) is 6.03. The Kier molecular flexibility index (Phi) is 5.44. The van der Waals surface area contributed by atoms with E-state index in [0.29, 0.717) is 30.0 Å². The summed E-state index contributed by atoms with van der Waals surface area (Å²) in [5.74, 6) is 0.318. The van der Waals surface area contributed by atoms with Crippen molar-refractivity contribution in [1.29, 1.82) is 5.26 Å². The largest absolute Gasteiger partial charge is 0.496 e. The second-order valence-corrected chi connectivity index (χ2v) is 7.97. The van der Waals surface area contributed by atoms with Crippen LogP contribution in [-0.2, 0) is 10.0 Å². The maximum Gasteiger partial charge on any atom is 0.257 e. The van der Waals surface area contributed by atoms with Gasteiger partial charge < -0.3 is 9.64 Å². The average Bonchev–Trinajstić information content (AvgIpc) is 2.73. The van der Waals surface area contributed by atoms with Gasteiger partial charge in [-0.3, -0.25) is 4.79 Å². The number of para-hydroxylation sites is 1. The first-order valence-corrected chi connectivity index (χ1v) is 9.84. The molecule has 1 heterocycles. The number of benzene rings is 2. The number of methoxy groups -OCH3 is 1. The summed E-state index contributed by atoms with van der Waals surface area (Å²) in [5, 5.41) is 8.84. The van der Waals surface area contributed by atoms with Crippen LogP contribution in [0.4, 0.5) is 0 Å². The topological polar surface area (TPSA) is 90.7 Å². The van der Waals surface area contributed by atoms with E-state index in [4.69, 9.17) is 10.00 Å². The molecule has 3 rings (SSSR count). The third-order valence-corrected chi connectivity index (χ3v) is 6.40. The molecule has 140 valence electrons. The molecule has 1 amide bonds. The van der Waals surface area contributed by atoms with Gasteiger partial charge in [-0.05, 0) is 36.4 Å². The first-order valence-electron chi connectivity index (χ1n) is 8.40. The van der Waals surface area contributed by atoms with Crippen molar-refractivity contribution in [2.45, 2.75) is 4.90 Å². The number of amides is 1. The van der Waals surface area contributed by atoms with Crippen molar-refractivity contribution in [2.24, 2.45) is 0 Å². The first kappa shape index (κ1) is 18.9. The van der Waals surface area contributed by atoms with E-state index in [2.05, 4.69) is 0 Å². The Morgan fingerprint density at radius 1 is 1.04 bits per heavy atom. The Labute approximate surface area is 158 Å². The molecule has 2 aromatic carbocycles. The molecule has 27 heavy (non-hydrogen) atoms. The van der Waals surface area contributed by atoms with E-state index in [1.165, 1.54) is 35.7 Å². The molecule has 1 aliphatic heterocycles. The van der Waals surface area contributed by atoms with Crippen LogP contribution in [0.25, 0.3) is 0 Å². The zero-order chi connectivity index (χ0) is 19.4. The van der Waals surface area contributed by atoms with E-state index >= 15 is 0 Å². The van der Waals surface area contributed by atoms with Crippen molar-refractivity contribution in [3.05, 3.63) is 59.7 Å². The van der Waals surface area contributed by atoms with Gasteiger partial charge in [0.05, 0.1) is 29.2 Å². The molecule has 0 bridgehead atoms. The van der Waals surface area contributed by atoms with E-state index in [1.54, 1.807) is 29.2 Å². The molecule has 2 aromatic rings. The molecule has 1 fully saturated rings. The number of sulfonamides is 1. The Morgan fingerprint density at radius 2 is 1.67 bits per heavy atom. The van der Waals surface area contributed by atoms with Crippen LogP contribution < -0.4 is 4.74 Å². The fraction of sp³-hybridized carbons (Fsp3) is 0.263. The molecule has 0 radical (unpaired) electrons. The summed E-state index contributed by atoms with van der Waals surface area (Å²) in [6.07, 6.45) is 0. The summed E-state index contributed by atoms with van der Waals surface area (Å²) in [4.78, 5) is 14.5. The minimum absolute atomic E-state index is 0.144. The Bertz CT molecular complexity index is 973. The van der Waals surface area contributed by atoms with E-state index in [9.17, 15) is 13.2 Å². The van der Waals surface area contributed by atoms with Gasteiger partial charge in [0, 0.05) is 26.2 Å². The van der Waals surface area contributed by atoms with Crippen LogP contribution >= 0.6 is 0 Å². The molecule has 0 unspecified atom stereocenters. The number of nitrogens with zero attached hydrogens (tertiary/aromatic N) is 3. The van der Waals surface area contributed by atoms with Crippen LogP contribution in [0.1, 0.15) is 15.9 Å². The van der Waals surface area contributed by atoms with Gasteiger partial charge in [0.15, 0.2) is 0 Å². The van der Waals surface area contributed by atoms with Crippen LogP contribution in [0, 0.1) is 11.3 Å². The molecule has 0 spiro atoms. The highest BCUT2D eigenvalue weighted by molar-refractivity contribution is 7.89. The first-order chi connectivity index (χ1) is 13.0. The molecule has 0 N–H and O–H groups in total. The minimum Gasteiger partial charge on any atom is -0.496 e. The quantitative estimate of drug-likeness (QED) is 0.799. The number of rotatable bonds is 4. The SMILES string of the molecule is COc1ccccc1C(=O)N1CCN(S(=O)(=O)c2ccc(C#N)cc2)CC1. The van der Waals surface area contributed by atoms with Crippen molar-refractivity contribution in [3.8, 4) is 11.8 Å². The summed E-state index contributed by atoms with van der Waals surface area (Å²) in [5.41, 5.74) is 0.865. The number of piperazine rings is 1. The van der Waals surface area contributed by atoms with Crippen LogP contribution in [0.2, 0.25) is 0 Å². The van der Waals surface area contributed by atoms with Gasteiger partial charge in [0.1, 0.15) is 5.75 Å². The number of carbonyl (C=O) groups is 1. The van der Waals surface area contributed by atoms with Gasteiger partial charge in [-0.15, -0.1) is 0 Å². The fourth-order valence-corrected chi connectivity index (χ4v) is 4.40. The third-order valence-electron chi connectivity index (χ3n) is 4.48. The van der Waals surface area contributed by atoms with Crippen molar-refractivity contribution in [1.82, 2.24) is 9.21 Å². The summed E-state index contributed by atoms with van der Waals surface area (Å²) < 4.78 is 32.1. The highest BCUT2D eigenvalue weighted by Gasteiger charge is 2.31. The second kappa shape index (κ2) is 7.78. The summed E-state index contributed by atoms with van der Waals surface area (Å²) >= 11 is 0. The Balaban J connectivity index is 1.71. The zero-order valence-corrected chi connectivity index (χ0v) is 15.6. The lowest BCUT2D eigenvalue weighted by molar-refractivity contribution is 0.0694. The van der Waals surface area contributed by atoms with Gasteiger partial charge >= 0.3 is 0 Å². The molecule has 7 nitrogen and oxygen atoms in total. The predicted molar refractivity (Wildman–Crippen MR) is 98.8 cm³/mol. The molecule has 0 atom stereocenters. The predicted octanol–water partition coefficient (Wildman–Crippen LogP) is 1.71. The normalized spacial score (nSPS) is 15.2. The molecule has 0 saturated carbocycles. The molecule has 0 aromatic heterocycles. The Hall–Kier alpha value is -2.89. The van der Waals surface area contributed by atoms with Crippen molar-refractivity contribution in [3.63, 3.8) is 0 Å². The van der Waals surface area contributed by atoms with Crippen molar-refractivity contribution in [2.75, 3.05) is 33.3 Å². The molecule has 1 saturated heterocycles. The molecular weight excluding hydrogens is 366 g/mol. The fourth-order valence-electron chi connectivity index (χ4n) is 2.97. The third kappa shape index (κ3) is 3.79. The number of hydrogen-bond acceptors (Lipinski definition) is 5. The van der Waals surface area contributed by atoms with Crippen LogP contribution in [0.5, 0.6) is 5.75 Å². The maximum absolute atomic E-state index is 12.8. The zero-order valence-electron chi connectivity index (χ0n) is 14.8. The van der Waals surface area contributed by atoms with E-state index < -0.39 is 10.0 Å². The van der Waals surface area contributed by atoms with E-state index in [0.717, 1.165) is 0 Å². The number of nitriles is 1. The number of carbonyl (C=O) groups excluding carboxylic acids is 1. The maximum atomic E-state index is 12.8. The molecule has 1 aliphatic rings. The summed E-state index contributed by atoms with van der Waals surface area (Å²) in [6, 6.07) is 14.8. The van der Waals surface area contributed by atoms with Crippen molar-refractivity contribution >= 4 is 15.9 Å². The minimum atomic E-state index is -3.65. The van der Waals surface area contributed by atoms with Gasteiger partial charge in [-0.1, -0.05) is 12.1 Å². The molecule has 8 heteroatoms. The Morgan fingerprint density at radius 3 is 2.26 bits per heavy atom. The molecular formula is C19H19N3O4S. The van der Waals surface area contributed by atoms with Crippen LogP contribution in [0.3, 0.4) is 0 Å². The highest BCUT2D eigenvalue weighted by Crippen LogP contribution is 2.22. The van der Waals surface area contributed by atoms with Crippen LogP contribution in [0.15, 0.2) is 53.4 Å². The van der Waals surface area contributed by atoms with Crippen molar-refractivity contribution < 1.29 is 17.9 Å². The lowest BCUT2D eigenvalue weighted by Crippen LogP contribution is -2.50. The highest BCUT2D eigenvalue weighted by atomic mass is 32.2. The van der Waals surface area contributed by atoms with E-state index in [1.807, 2.05) is 6.07 Å². The lowest BCUT2D eigenvalue weighted by atomic mass is 10.1. The van der Waals surface area contributed by atoms with Gasteiger partial charge in [0.2, 0.25) is 10.0 Å². The number of hydrogen-bond donors (Lipinski definition) is 0. The van der Waals surface area contributed by atoms with Gasteiger partial charge in [-0.25, -0.2) is 8.42 Å². The monoisotopic (exact) mass is 385 g/mol. The van der Waals surface area contributed by atoms with Gasteiger partial charge in [-0.2, -0.15) is 9.57 Å². The average molecular weight is 385 g/mol. The molecule has 0 aliphatic carbocycles. The van der Waals surface area contributed by atoms with Gasteiger partial charge in [0.25, 0.3) is 5.91 Å².